The minimum absolute atomic E-state index is 0.00291. The summed E-state index contributed by atoms with van der Waals surface area (Å²) >= 11 is 0. The van der Waals surface area contributed by atoms with Gasteiger partial charge in [0.05, 0.1) is 13.0 Å². The smallest absolute Gasteiger partial charge is 0.410 e. The van der Waals surface area contributed by atoms with Gasteiger partial charge in [0.25, 0.3) is 0 Å². The summed E-state index contributed by atoms with van der Waals surface area (Å²) in [4.78, 5) is 38.8. The van der Waals surface area contributed by atoms with Crippen molar-refractivity contribution in [2.24, 2.45) is 0 Å². The fourth-order valence-corrected chi connectivity index (χ4v) is 2.80. The van der Waals surface area contributed by atoms with Gasteiger partial charge < -0.3 is 14.5 Å². The second-order valence-electron chi connectivity index (χ2n) is 6.81. The molecule has 2 amide bonds. The van der Waals surface area contributed by atoms with E-state index in [1.54, 1.807) is 9.80 Å². The molecule has 6 heteroatoms. The van der Waals surface area contributed by atoms with Crippen molar-refractivity contribution < 1.29 is 19.1 Å². The third kappa shape index (κ3) is 4.19. The largest absolute Gasteiger partial charge is 0.444 e. The van der Waals surface area contributed by atoms with Crippen LogP contribution in [-0.4, -0.2) is 58.9 Å². The summed E-state index contributed by atoms with van der Waals surface area (Å²) in [5, 5.41) is 0. The molecule has 0 radical (unpaired) electrons. The van der Waals surface area contributed by atoms with E-state index in [1.165, 1.54) is 0 Å². The molecule has 0 spiro atoms. The molecule has 1 atom stereocenters. The number of Topliss-reactive ketones (excluding diaryl/α,β-unsaturated/α-hetero) is 1. The summed E-state index contributed by atoms with van der Waals surface area (Å²) < 4.78 is 5.41. The van der Waals surface area contributed by atoms with Gasteiger partial charge in [-0.25, -0.2) is 4.79 Å². The predicted molar refractivity (Wildman–Crippen MR) is 76.8 cm³/mol. The van der Waals surface area contributed by atoms with Crippen LogP contribution in [0.3, 0.4) is 0 Å². The zero-order valence-corrected chi connectivity index (χ0v) is 13.1. The molecule has 2 aliphatic heterocycles. The molecule has 21 heavy (non-hydrogen) atoms. The van der Waals surface area contributed by atoms with E-state index in [0.717, 1.165) is 19.3 Å². The Labute approximate surface area is 125 Å². The SMILES string of the molecule is CC(C)(C)OC(=O)N1CCCCC(N2CC(=O)CC2=O)C1. The van der Waals surface area contributed by atoms with Crippen LogP contribution in [0.15, 0.2) is 0 Å². The van der Waals surface area contributed by atoms with Gasteiger partial charge in [-0.1, -0.05) is 0 Å². The van der Waals surface area contributed by atoms with Crippen LogP contribution in [0.2, 0.25) is 0 Å². The quantitative estimate of drug-likeness (QED) is 0.689. The Morgan fingerprint density at radius 2 is 1.95 bits per heavy atom. The third-order valence-corrected chi connectivity index (χ3v) is 3.75. The number of likely N-dealkylation sites (tertiary alicyclic amines) is 2. The van der Waals surface area contributed by atoms with Crippen molar-refractivity contribution >= 4 is 17.8 Å². The maximum Gasteiger partial charge on any atom is 0.410 e. The molecule has 2 saturated heterocycles. The zero-order chi connectivity index (χ0) is 15.6. The lowest BCUT2D eigenvalue weighted by molar-refractivity contribution is -0.130. The Balaban J connectivity index is 2.03. The first-order chi connectivity index (χ1) is 9.76. The standard InChI is InChI=1S/C15H24N2O4/c1-15(2,3)21-14(20)16-7-5-4-6-11(9-16)17-10-12(18)8-13(17)19/h11H,4-10H2,1-3H3. The van der Waals surface area contributed by atoms with E-state index in [2.05, 4.69) is 0 Å². The van der Waals surface area contributed by atoms with Gasteiger partial charge in [-0.05, 0) is 40.0 Å². The number of hydrogen-bond acceptors (Lipinski definition) is 4. The fourth-order valence-electron chi connectivity index (χ4n) is 2.80. The van der Waals surface area contributed by atoms with Gasteiger partial charge >= 0.3 is 6.09 Å². The van der Waals surface area contributed by atoms with Gasteiger partial charge in [0, 0.05) is 19.1 Å². The predicted octanol–water partition coefficient (Wildman–Crippen LogP) is 1.58. The molecular weight excluding hydrogens is 272 g/mol. The summed E-state index contributed by atoms with van der Waals surface area (Å²) in [6.45, 7) is 6.79. The lowest BCUT2D eigenvalue weighted by atomic mass is 10.1. The first-order valence-electron chi connectivity index (χ1n) is 7.55. The minimum atomic E-state index is -0.529. The molecule has 118 valence electrons. The van der Waals surface area contributed by atoms with Gasteiger partial charge in [0.1, 0.15) is 5.60 Å². The average molecular weight is 296 g/mol. The first kappa shape index (κ1) is 15.8. The van der Waals surface area contributed by atoms with E-state index < -0.39 is 5.60 Å². The van der Waals surface area contributed by atoms with Crippen LogP contribution in [0.4, 0.5) is 4.79 Å². The van der Waals surface area contributed by atoms with E-state index in [1.807, 2.05) is 20.8 Å². The van der Waals surface area contributed by atoms with Gasteiger partial charge in [0.15, 0.2) is 5.78 Å². The lowest BCUT2D eigenvalue weighted by Crippen LogP contribution is -2.46. The number of hydrogen-bond donors (Lipinski definition) is 0. The lowest BCUT2D eigenvalue weighted by Gasteiger charge is -2.31. The summed E-state index contributed by atoms with van der Waals surface area (Å²) in [7, 11) is 0. The van der Waals surface area contributed by atoms with E-state index in [0.29, 0.717) is 13.1 Å². The van der Waals surface area contributed by atoms with Crippen LogP contribution in [0, 0.1) is 0 Å². The van der Waals surface area contributed by atoms with Gasteiger partial charge in [-0.3, -0.25) is 9.59 Å². The monoisotopic (exact) mass is 296 g/mol. The Hall–Kier alpha value is -1.59. The maximum absolute atomic E-state index is 12.2. The number of amides is 2. The summed E-state index contributed by atoms with van der Waals surface area (Å²) in [5.74, 6) is -0.149. The minimum Gasteiger partial charge on any atom is -0.444 e. The molecule has 0 N–H and O–H groups in total. The van der Waals surface area contributed by atoms with E-state index in [9.17, 15) is 14.4 Å². The number of carbonyl (C=O) groups excluding carboxylic acids is 3. The number of ether oxygens (including phenoxy) is 1. The summed E-state index contributed by atoms with van der Waals surface area (Å²) in [6, 6.07) is -0.0704. The molecule has 2 fully saturated rings. The molecule has 2 aliphatic rings. The highest BCUT2D eigenvalue weighted by Crippen LogP contribution is 2.21. The molecule has 0 aromatic rings. The van der Waals surface area contributed by atoms with Crippen LogP contribution in [0.1, 0.15) is 46.5 Å². The van der Waals surface area contributed by atoms with Gasteiger partial charge in [-0.2, -0.15) is 0 Å². The van der Waals surface area contributed by atoms with Gasteiger partial charge in [-0.15, -0.1) is 0 Å². The van der Waals surface area contributed by atoms with Crippen LogP contribution in [0.5, 0.6) is 0 Å². The van der Waals surface area contributed by atoms with Crippen LogP contribution < -0.4 is 0 Å². The van der Waals surface area contributed by atoms with E-state index in [-0.39, 0.29) is 36.8 Å². The Kier molecular flexibility index (Phi) is 4.54. The molecule has 0 aliphatic carbocycles. The Bertz CT molecular complexity index is 441. The third-order valence-electron chi connectivity index (χ3n) is 3.75. The molecule has 0 saturated carbocycles. The molecule has 2 rings (SSSR count). The highest BCUT2D eigenvalue weighted by molar-refractivity contribution is 6.05. The first-order valence-corrected chi connectivity index (χ1v) is 7.55. The number of carbonyl (C=O) groups is 3. The average Bonchev–Trinajstić information content (AvgIpc) is 2.58. The zero-order valence-electron chi connectivity index (χ0n) is 13.1. The molecule has 0 aromatic carbocycles. The fraction of sp³-hybridized carbons (Fsp3) is 0.800. The Morgan fingerprint density at radius 3 is 2.52 bits per heavy atom. The van der Waals surface area contributed by atoms with Crippen molar-refractivity contribution in [3.8, 4) is 0 Å². The molecule has 2 heterocycles. The second kappa shape index (κ2) is 6.03. The highest BCUT2D eigenvalue weighted by Gasteiger charge is 2.36. The Morgan fingerprint density at radius 1 is 1.24 bits per heavy atom. The van der Waals surface area contributed by atoms with Gasteiger partial charge in [0.2, 0.25) is 5.91 Å². The van der Waals surface area contributed by atoms with Crippen molar-refractivity contribution in [1.29, 1.82) is 0 Å². The van der Waals surface area contributed by atoms with Crippen molar-refractivity contribution in [3.63, 3.8) is 0 Å². The molecule has 6 nitrogen and oxygen atoms in total. The maximum atomic E-state index is 12.2. The van der Waals surface area contributed by atoms with Crippen LogP contribution in [-0.2, 0) is 14.3 Å². The normalized spacial score (nSPS) is 24.2. The van der Waals surface area contributed by atoms with Crippen molar-refractivity contribution in [2.75, 3.05) is 19.6 Å². The van der Waals surface area contributed by atoms with Crippen LogP contribution >= 0.6 is 0 Å². The van der Waals surface area contributed by atoms with E-state index in [4.69, 9.17) is 4.74 Å². The van der Waals surface area contributed by atoms with Crippen molar-refractivity contribution in [3.05, 3.63) is 0 Å². The number of ketones is 1. The molecular formula is C15H24N2O4. The molecule has 0 aromatic heterocycles. The van der Waals surface area contributed by atoms with Crippen molar-refractivity contribution in [2.45, 2.75) is 58.1 Å². The molecule has 0 bridgehead atoms. The summed E-state index contributed by atoms with van der Waals surface area (Å²) in [6.07, 6.45) is 2.34. The molecule has 1 unspecified atom stereocenters. The topological polar surface area (TPSA) is 66.9 Å². The number of rotatable bonds is 1. The van der Waals surface area contributed by atoms with Crippen LogP contribution in [0.25, 0.3) is 0 Å². The highest BCUT2D eigenvalue weighted by atomic mass is 16.6. The number of nitrogens with zero attached hydrogens (tertiary/aromatic N) is 2. The van der Waals surface area contributed by atoms with E-state index >= 15 is 0 Å². The van der Waals surface area contributed by atoms with Crippen molar-refractivity contribution in [1.82, 2.24) is 9.80 Å². The summed E-state index contributed by atoms with van der Waals surface area (Å²) in [5.41, 5.74) is -0.529. The second-order valence-corrected chi connectivity index (χ2v) is 6.81.